The van der Waals surface area contributed by atoms with Crippen molar-refractivity contribution in [2.24, 2.45) is 0 Å². The molecule has 0 radical (unpaired) electrons. The Hall–Kier alpha value is -0.930. The SMILES string of the molecule is COc1ccc(O)c(C2CCCNC2)c1Cl. The van der Waals surface area contributed by atoms with E-state index in [9.17, 15) is 5.11 Å². The Kier molecular flexibility index (Phi) is 3.56. The first-order chi connectivity index (χ1) is 7.74. The zero-order chi connectivity index (χ0) is 11.5. The number of hydrogen-bond acceptors (Lipinski definition) is 3. The summed E-state index contributed by atoms with van der Waals surface area (Å²) in [7, 11) is 1.58. The van der Waals surface area contributed by atoms with E-state index in [1.807, 2.05) is 0 Å². The molecule has 1 aliphatic heterocycles. The second-order valence-corrected chi connectivity index (χ2v) is 4.44. The molecule has 2 rings (SSSR count). The molecule has 0 bridgehead atoms. The third-order valence-corrected chi connectivity index (χ3v) is 3.44. The Morgan fingerprint density at radius 2 is 2.31 bits per heavy atom. The standard InChI is InChI=1S/C12H16ClNO2/c1-16-10-5-4-9(15)11(12(10)13)8-3-2-6-14-7-8/h4-5,8,14-15H,2-3,6-7H2,1H3. The number of nitrogens with one attached hydrogen (secondary N) is 1. The summed E-state index contributed by atoms with van der Waals surface area (Å²) in [4.78, 5) is 0. The van der Waals surface area contributed by atoms with Gasteiger partial charge in [-0.25, -0.2) is 0 Å². The van der Waals surface area contributed by atoms with Crippen LogP contribution in [0.1, 0.15) is 24.3 Å². The Morgan fingerprint density at radius 1 is 1.50 bits per heavy atom. The molecule has 1 unspecified atom stereocenters. The van der Waals surface area contributed by atoms with E-state index in [-0.39, 0.29) is 11.7 Å². The van der Waals surface area contributed by atoms with Gasteiger partial charge in [-0.05, 0) is 31.5 Å². The van der Waals surface area contributed by atoms with Crippen molar-refractivity contribution in [1.29, 1.82) is 0 Å². The van der Waals surface area contributed by atoms with Crippen LogP contribution >= 0.6 is 11.6 Å². The predicted molar refractivity (Wildman–Crippen MR) is 64.5 cm³/mol. The first-order valence-corrected chi connectivity index (χ1v) is 5.88. The quantitative estimate of drug-likeness (QED) is 0.836. The zero-order valence-corrected chi connectivity index (χ0v) is 10.0. The molecular formula is C12H16ClNO2. The van der Waals surface area contributed by atoms with Crippen LogP contribution in [0.3, 0.4) is 0 Å². The molecule has 2 N–H and O–H groups in total. The number of aromatic hydroxyl groups is 1. The first kappa shape index (κ1) is 11.6. The van der Waals surface area contributed by atoms with Crippen LogP contribution in [0.25, 0.3) is 0 Å². The average molecular weight is 242 g/mol. The number of methoxy groups -OCH3 is 1. The van der Waals surface area contributed by atoms with Gasteiger partial charge in [0.2, 0.25) is 0 Å². The molecule has 1 heterocycles. The summed E-state index contributed by atoms with van der Waals surface area (Å²) in [6.07, 6.45) is 2.16. The van der Waals surface area contributed by atoms with Crippen LogP contribution in [0.2, 0.25) is 5.02 Å². The third kappa shape index (κ3) is 2.11. The Labute approximate surface area is 100 Å². The topological polar surface area (TPSA) is 41.5 Å². The molecule has 1 aromatic rings. The smallest absolute Gasteiger partial charge is 0.138 e. The molecule has 88 valence electrons. The van der Waals surface area contributed by atoms with Gasteiger partial charge in [-0.2, -0.15) is 0 Å². The molecule has 1 aromatic carbocycles. The maximum atomic E-state index is 9.90. The van der Waals surface area contributed by atoms with Gasteiger partial charge in [-0.15, -0.1) is 0 Å². The van der Waals surface area contributed by atoms with Gasteiger partial charge in [0, 0.05) is 18.0 Å². The second-order valence-electron chi connectivity index (χ2n) is 4.06. The number of phenols is 1. The van der Waals surface area contributed by atoms with Crippen LogP contribution in [0.4, 0.5) is 0 Å². The minimum Gasteiger partial charge on any atom is -0.508 e. The fourth-order valence-electron chi connectivity index (χ4n) is 2.21. The largest absolute Gasteiger partial charge is 0.508 e. The van der Waals surface area contributed by atoms with Gasteiger partial charge in [-0.1, -0.05) is 11.6 Å². The number of halogens is 1. The molecule has 0 aliphatic carbocycles. The molecule has 3 nitrogen and oxygen atoms in total. The third-order valence-electron chi connectivity index (χ3n) is 3.05. The lowest BCUT2D eigenvalue weighted by atomic mass is 9.91. The van der Waals surface area contributed by atoms with Gasteiger partial charge in [0.05, 0.1) is 12.1 Å². The fraction of sp³-hybridized carbons (Fsp3) is 0.500. The average Bonchev–Trinajstić information content (AvgIpc) is 2.31. The van der Waals surface area contributed by atoms with Gasteiger partial charge in [0.1, 0.15) is 11.5 Å². The summed E-state index contributed by atoms with van der Waals surface area (Å²) in [5.74, 6) is 1.16. The molecule has 0 saturated carbocycles. The predicted octanol–water partition coefficient (Wildman–Crippen LogP) is 2.52. The highest BCUT2D eigenvalue weighted by atomic mass is 35.5. The van der Waals surface area contributed by atoms with Gasteiger partial charge < -0.3 is 15.2 Å². The van der Waals surface area contributed by atoms with Gasteiger partial charge in [-0.3, -0.25) is 0 Å². The van der Waals surface area contributed by atoms with E-state index in [0.717, 1.165) is 31.5 Å². The summed E-state index contributed by atoms with van der Waals surface area (Å²) in [5.41, 5.74) is 0.813. The number of rotatable bonds is 2. The molecule has 1 atom stereocenters. The highest BCUT2D eigenvalue weighted by Crippen LogP contribution is 2.40. The second kappa shape index (κ2) is 4.93. The van der Waals surface area contributed by atoms with Crippen molar-refractivity contribution in [1.82, 2.24) is 5.32 Å². The molecule has 4 heteroatoms. The molecule has 0 aromatic heterocycles. The number of hydrogen-bond donors (Lipinski definition) is 2. The highest BCUT2D eigenvalue weighted by molar-refractivity contribution is 6.33. The number of benzene rings is 1. The molecular weight excluding hydrogens is 226 g/mol. The molecule has 1 aliphatic rings. The van der Waals surface area contributed by atoms with Crippen molar-refractivity contribution in [3.05, 3.63) is 22.7 Å². The van der Waals surface area contributed by atoms with E-state index in [1.165, 1.54) is 0 Å². The van der Waals surface area contributed by atoms with Crippen LogP contribution in [-0.2, 0) is 0 Å². The van der Waals surface area contributed by atoms with Crippen LogP contribution in [0.5, 0.6) is 11.5 Å². The maximum Gasteiger partial charge on any atom is 0.138 e. The van der Waals surface area contributed by atoms with Crippen molar-refractivity contribution < 1.29 is 9.84 Å². The summed E-state index contributed by atoms with van der Waals surface area (Å²) >= 11 is 6.23. The van der Waals surface area contributed by atoms with E-state index in [2.05, 4.69) is 5.32 Å². The summed E-state index contributed by atoms with van der Waals surface area (Å²) in [6.45, 7) is 1.90. The Morgan fingerprint density at radius 3 is 2.94 bits per heavy atom. The van der Waals surface area contributed by atoms with E-state index in [0.29, 0.717) is 10.8 Å². The van der Waals surface area contributed by atoms with Crippen molar-refractivity contribution >= 4 is 11.6 Å². The monoisotopic (exact) mass is 241 g/mol. The summed E-state index contributed by atoms with van der Waals surface area (Å²) in [5, 5.41) is 13.7. The minimum absolute atomic E-state index is 0.263. The van der Waals surface area contributed by atoms with Crippen LogP contribution < -0.4 is 10.1 Å². The molecule has 1 saturated heterocycles. The van der Waals surface area contributed by atoms with Crippen molar-refractivity contribution in [2.75, 3.05) is 20.2 Å². The molecule has 0 amide bonds. The van der Waals surface area contributed by atoms with Crippen LogP contribution in [0.15, 0.2) is 12.1 Å². The van der Waals surface area contributed by atoms with Gasteiger partial charge in [0.15, 0.2) is 0 Å². The number of ether oxygens (including phenoxy) is 1. The van der Waals surface area contributed by atoms with Crippen LogP contribution in [0, 0.1) is 0 Å². The zero-order valence-electron chi connectivity index (χ0n) is 9.29. The van der Waals surface area contributed by atoms with E-state index in [4.69, 9.17) is 16.3 Å². The normalized spacial score (nSPS) is 20.8. The van der Waals surface area contributed by atoms with Crippen molar-refractivity contribution in [3.8, 4) is 11.5 Å². The molecule has 1 fully saturated rings. The number of piperidine rings is 1. The lowest BCUT2D eigenvalue weighted by Gasteiger charge is -2.25. The van der Waals surface area contributed by atoms with Gasteiger partial charge >= 0.3 is 0 Å². The minimum atomic E-state index is 0.263. The molecule has 0 spiro atoms. The van der Waals surface area contributed by atoms with Gasteiger partial charge in [0.25, 0.3) is 0 Å². The van der Waals surface area contributed by atoms with E-state index in [1.54, 1.807) is 19.2 Å². The maximum absolute atomic E-state index is 9.90. The summed E-state index contributed by atoms with van der Waals surface area (Å²) in [6, 6.07) is 3.34. The molecule has 16 heavy (non-hydrogen) atoms. The Bertz CT molecular complexity index is 376. The fourth-order valence-corrected chi connectivity index (χ4v) is 2.60. The number of phenolic OH excluding ortho intramolecular Hbond substituents is 1. The van der Waals surface area contributed by atoms with Crippen molar-refractivity contribution in [2.45, 2.75) is 18.8 Å². The van der Waals surface area contributed by atoms with E-state index >= 15 is 0 Å². The Balaban J connectivity index is 2.37. The van der Waals surface area contributed by atoms with Crippen LogP contribution in [-0.4, -0.2) is 25.3 Å². The summed E-state index contributed by atoms with van der Waals surface area (Å²) < 4.78 is 5.17. The van der Waals surface area contributed by atoms with E-state index < -0.39 is 0 Å². The first-order valence-electron chi connectivity index (χ1n) is 5.50. The van der Waals surface area contributed by atoms with Crippen molar-refractivity contribution in [3.63, 3.8) is 0 Å². The lowest BCUT2D eigenvalue weighted by molar-refractivity contribution is 0.402. The lowest BCUT2D eigenvalue weighted by Crippen LogP contribution is -2.28. The highest BCUT2D eigenvalue weighted by Gasteiger charge is 2.23.